The van der Waals surface area contributed by atoms with Crippen LogP contribution >= 0.6 is 11.6 Å². The molecule has 0 spiro atoms. The zero-order valence-electron chi connectivity index (χ0n) is 9.85. The maximum Gasteiger partial charge on any atom is 0.244 e. The molecule has 0 aromatic heterocycles. The number of rotatable bonds is 7. The first kappa shape index (κ1) is 15.2. The van der Waals surface area contributed by atoms with Gasteiger partial charge in [-0.15, -0.1) is 0 Å². The van der Waals surface area contributed by atoms with Crippen molar-refractivity contribution in [3.8, 4) is 5.75 Å². The molecule has 0 heterocycles. The quantitative estimate of drug-likeness (QED) is 0.576. The maximum atomic E-state index is 12.0. The summed E-state index contributed by atoms with van der Waals surface area (Å²) in [6.07, 6.45) is 0.471. The molecule has 3 N–H and O–H groups in total. The second-order valence-electron chi connectivity index (χ2n) is 3.42. The Morgan fingerprint density at radius 3 is 2.78 bits per heavy atom. The highest BCUT2D eigenvalue weighted by molar-refractivity contribution is 7.89. The van der Waals surface area contributed by atoms with Gasteiger partial charge in [0.2, 0.25) is 10.0 Å². The molecule has 0 aliphatic rings. The molecule has 0 aliphatic heterocycles. The van der Waals surface area contributed by atoms with E-state index in [2.05, 4.69) is 9.56 Å². The van der Waals surface area contributed by atoms with Crippen LogP contribution in [0, 0.1) is 0 Å². The summed E-state index contributed by atoms with van der Waals surface area (Å²) in [4.78, 5) is 4.35. The number of halogens is 1. The fourth-order valence-corrected chi connectivity index (χ4v) is 2.80. The second kappa shape index (κ2) is 6.91. The second-order valence-corrected chi connectivity index (χ2v) is 5.59. The molecule has 0 saturated carbocycles. The monoisotopic (exact) mass is 294 g/mol. The standard InChI is InChI=1S/C10H15ClN2O4S/c1-16-9-4-3-8(11)7-10(9)18(14,15)13-5-2-6-17-12/h3-4,7,13H,2,5-6,12H2,1H3. The number of sulfonamides is 1. The van der Waals surface area contributed by atoms with Crippen molar-refractivity contribution in [3.05, 3.63) is 23.2 Å². The van der Waals surface area contributed by atoms with E-state index in [0.717, 1.165) is 0 Å². The zero-order chi connectivity index (χ0) is 13.6. The van der Waals surface area contributed by atoms with Gasteiger partial charge in [-0.1, -0.05) is 11.6 Å². The number of hydrogen-bond acceptors (Lipinski definition) is 5. The van der Waals surface area contributed by atoms with Crippen LogP contribution < -0.4 is 15.4 Å². The van der Waals surface area contributed by atoms with E-state index in [1.807, 2.05) is 0 Å². The van der Waals surface area contributed by atoms with E-state index in [-0.39, 0.29) is 23.8 Å². The van der Waals surface area contributed by atoms with Gasteiger partial charge in [0.15, 0.2) is 0 Å². The topological polar surface area (TPSA) is 90.7 Å². The third-order valence-corrected chi connectivity index (χ3v) is 3.86. The molecular formula is C10H15ClN2O4S. The number of ether oxygens (including phenoxy) is 1. The fraction of sp³-hybridized carbons (Fsp3) is 0.400. The Labute approximate surface area is 111 Å². The molecule has 1 rings (SSSR count). The van der Waals surface area contributed by atoms with Gasteiger partial charge in [-0.2, -0.15) is 0 Å². The van der Waals surface area contributed by atoms with Crippen LogP contribution in [0.1, 0.15) is 6.42 Å². The third kappa shape index (κ3) is 4.11. The molecule has 0 unspecified atom stereocenters. The summed E-state index contributed by atoms with van der Waals surface area (Å²) in [5, 5.41) is 0.321. The van der Waals surface area contributed by atoms with Gasteiger partial charge in [-0.05, 0) is 24.6 Å². The highest BCUT2D eigenvalue weighted by atomic mass is 35.5. The summed E-state index contributed by atoms with van der Waals surface area (Å²) >= 11 is 5.78. The van der Waals surface area contributed by atoms with E-state index in [9.17, 15) is 8.42 Å². The van der Waals surface area contributed by atoms with Crippen LogP contribution in [0.25, 0.3) is 0 Å². The van der Waals surface area contributed by atoms with Crippen LogP contribution in [0.4, 0.5) is 0 Å². The van der Waals surface area contributed by atoms with Crippen LogP contribution in [0.3, 0.4) is 0 Å². The van der Waals surface area contributed by atoms with Crippen LogP contribution in [0.2, 0.25) is 5.02 Å². The van der Waals surface area contributed by atoms with Crippen molar-refractivity contribution in [1.82, 2.24) is 4.72 Å². The number of nitrogens with two attached hydrogens (primary N) is 1. The van der Waals surface area contributed by atoms with Gasteiger partial charge in [0.05, 0.1) is 13.7 Å². The van der Waals surface area contributed by atoms with Gasteiger partial charge >= 0.3 is 0 Å². The van der Waals surface area contributed by atoms with Crippen molar-refractivity contribution in [2.24, 2.45) is 5.90 Å². The van der Waals surface area contributed by atoms with E-state index in [0.29, 0.717) is 11.4 Å². The smallest absolute Gasteiger partial charge is 0.244 e. The van der Waals surface area contributed by atoms with Crippen LogP contribution in [-0.2, 0) is 14.9 Å². The van der Waals surface area contributed by atoms with E-state index in [4.69, 9.17) is 22.2 Å². The van der Waals surface area contributed by atoms with Crippen molar-refractivity contribution in [2.75, 3.05) is 20.3 Å². The highest BCUT2D eigenvalue weighted by Crippen LogP contribution is 2.26. The molecule has 0 radical (unpaired) electrons. The first-order valence-corrected chi connectivity index (χ1v) is 7.02. The normalized spacial score (nSPS) is 11.5. The van der Waals surface area contributed by atoms with Gasteiger partial charge in [0, 0.05) is 11.6 Å². The molecule has 8 heteroatoms. The van der Waals surface area contributed by atoms with Crippen molar-refractivity contribution >= 4 is 21.6 Å². The lowest BCUT2D eigenvalue weighted by molar-refractivity contribution is 0.136. The SMILES string of the molecule is COc1ccc(Cl)cc1S(=O)(=O)NCCCON. The number of benzene rings is 1. The lowest BCUT2D eigenvalue weighted by Gasteiger charge is -2.10. The average Bonchev–Trinajstić information content (AvgIpc) is 2.35. The highest BCUT2D eigenvalue weighted by Gasteiger charge is 2.19. The lowest BCUT2D eigenvalue weighted by Crippen LogP contribution is -2.26. The molecule has 0 saturated heterocycles. The van der Waals surface area contributed by atoms with Gasteiger partial charge in [0.1, 0.15) is 10.6 Å². The van der Waals surface area contributed by atoms with Crippen LogP contribution in [0.5, 0.6) is 5.75 Å². The molecule has 0 aliphatic carbocycles. The van der Waals surface area contributed by atoms with E-state index in [1.54, 1.807) is 6.07 Å². The summed E-state index contributed by atoms with van der Waals surface area (Å²) in [6.45, 7) is 0.490. The van der Waals surface area contributed by atoms with E-state index < -0.39 is 10.0 Å². The first-order chi connectivity index (χ1) is 8.51. The molecule has 0 atom stereocenters. The minimum absolute atomic E-state index is 0.00571. The summed E-state index contributed by atoms with van der Waals surface area (Å²) in [7, 11) is -2.27. The predicted octanol–water partition coefficient (Wildman–Crippen LogP) is 0.907. The van der Waals surface area contributed by atoms with Crippen molar-refractivity contribution in [3.63, 3.8) is 0 Å². The molecule has 1 aromatic carbocycles. The summed E-state index contributed by atoms with van der Waals surface area (Å²) in [5.74, 6) is 5.08. The largest absolute Gasteiger partial charge is 0.495 e. The average molecular weight is 295 g/mol. The minimum Gasteiger partial charge on any atom is -0.495 e. The first-order valence-electron chi connectivity index (χ1n) is 5.16. The number of nitrogens with one attached hydrogen (secondary N) is 1. The Bertz CT molecular complexity index is 493. The Morgan fingerprint density at radius 2 is 2.17 bits per heavy atom. The Kier molecular flexibility index (Phi) is 5.83. The summed E-state index contributed by atoms with van der Waals surface area (Å²) in [5.41, 5.74) is 0. The molecule has 1 aromatic rings. The maximum absolute atomic E-state index is 12.0. The Hall–Kier alpha value is -0.860. The molecule has 102 valence electrons. The van der Waals surface area contributed by atoms with E-state index in [1.165, 1.54) is 19.2 Å². The van der Waals surface area contributed by atoms with Crippen molar-refractivity contribution in [1.29, 1.82) is 0 Å². The number of hydrogen-bond donors (Lipinski definition) is 2. The third-order valence-electron chi connectivity index (χ3n) is 2.15. The van der Waals surface area contributed by atoms with E-state index >= 15 is 0 Å². The van der Waals surface area contributed by atoms with Gasteiger partial charge in [-0.3, -0.25) is 0 Å². The van der Waals surface area contributed by atoms with Crippen LogP contribution in [-0.4, -0.2) is 28.7 Å². The predicted molar refractivity (Wildman–Crippen MR) is 67.9 cm³/mol. The zero-order valence-corrected chi connectivity index (χ0v) is 11.4. The van der Waals surface area contributed by atoms with Gasteiger partial charge < -0.3 is 9.57 Å². The van der Waals surface area contributed by atoms with Crippen molar-refractivity contribution in [2.45, 2.75) is 11.3 Å². The summed E-state index contributed by atoms with van der Waals surface area (Å²) < 4.78 is 31.4. The lowest BCUT2D eigenvalue weighted by atomic mass is 10.3. The van der Waals surface area contributed by atoms with Crippen LogP contribution in [0.15, 0.2) is 23.1 Å². The van der Waals surface area contributed by atoms with Crippen molar-refractivity contribution < 1.29 is 18.0 Å². The summed E-state index contributed by atoms with van der Waals surface area (Å²) in [6, 6.07) is 4.39. The Morgan fingerprint density at radius 1 is 1.44 bits per heavy atom. The van der Waals surface area contributed by atoms with Gasteiger partial charge in [-0.25, -0.2) is 19.0 Å². The molecule has 6 nitrogen and oxygen atoms in total. The van der Waals surface area contributed by atoms with Gasteiger partial charge in [0.25, 0.3) is 0 Å². The molecule has 0 fully saturated rings. The number of methoxy groups -OCH3 is 1. The fourth-order valence-electron chi connectivity index (χ4n) is 1.30. The minimum atomic E-state index is -3.66. The molecule has 0 bridgehead atoms. The molecule has 18 heavy (non-hydrogen) atoms. The Balaban J connectivity index is 2.87. The molecular weight excluding hydrogens is 280 g/mol. The molecule has 0 amide bonds.